The minimum absolute atomic E-state index is 0.0713. The Kier molecular flexibility index (Phi) is 7.12. The summed E-state index contributed by atoms with van der Waals surface area (Å²) < 4.78 is 7.38. The first-order valence-corrected chi connectivity index (χ1v) is 11.2. The van der Waals surface area contributed by atoms with Crippen molar-refractivity contribution in [3.05, 3.63) is 114 Å². The molecule has 0 spiro atoms. The van der Waals surface area contributed by atoms with Gasteiger partial charge < -0.3 is 14.4 Å². The van der Waals surface area contributed by atoms with E-state index in [0.717, 1.165) is 22.6 Å². The molecule has 1 aromatic heterocycles. The maximum Gasteiger partial charge on any atom is 0.271 e. The summed E-state index contributed by atoms with van der Waals surface area (Å²) in [6.45, 7) is 5.76. The summed E-state index contributed by atoms with van der Waals surface area (Å²) in [5, 5.41) is 14.3. The van der Waals surface area contributed by atoms with Crippen LogP contribution in [0.4, 0.5) is 0 Å². The minimum Gasteiger partial charge on any atom is -0.504 e. The number of rotatable bonds is 8. The number of aromatic nitrogens is 1. The predicted octanol–water partition coefficient (Wildman–Crippen LogP) is 5.66. The van der Waals surface area contributed by atoms with Gasteiger partial charge in [-0.3, -0.25) is 4.79 Å². The van der Waals surface area contributed by atoms with E-state index in [4.69, 9.17) is 4.74 Å². The standard InChI is InChI=1S/C29H27N3O3/c1-4-8-24-17-21(18-27(35-3)28(24)33)19-30-31-29(34)23-12-14-25(15-13-23)32-20(2)11-16-26(32)22-9-6-5-7-10-22/h4-7,9-19,33H,1,8H2,2-3H3,(H,31,34)/b30-19+. The smallest absolute Gasteiger partial charge is 0.271 e. The third kappa shape index (κ3) is 5.17. The molecule has 0 radical (unpaired) electrons. The fraction of sp³-hybridized carbons (Fsp3) is 0.103. The van der Waals surface area contributed by atoms with Crippen LogP contribution in [-0.4, -0.2) is 28.9 Å². The molecule has 35 heavy (non-hydrogen) atoms. The second-order valence-electron chi connectivity index (χ2n) is 8.03. The molecular weight excluding hydrogens is 438 g/mol. The Morgan fingerprint density at radius 2 is 1.83 bits per heavy atom. The van der Waals surface area contributed by atoms with Crippen molar-refractivity contribution >= 4 is 12.1 Å². The van der Waals surface area contributed by atoms with E-state index < -0.39 is 0 Å². The average Bonchev–Trinajstić information content (AvgIpc) is 3.27. The molecule has 0 atom stereocenters. The van der Waals surface area contributed by atoms with E-state index in [1.54, 1.807) is 30.3 Å². The van der Waals surface area contributed by atoms with Gasteiger partial charge in [0.05, 0.1) is 19.0 Å². The second-order valence-corrected chi connectivity index (χ2v) is 8.03. The molecule has 0 bridgehead atoms. The van der Waals surface area contributed by atoms with Gasteiger partial charge in [-0.1, -0.05) is 36.4 Å². The third-order valence-corrected chi connectivity index (χ3v) is 5.67. The van der Waals surface area contributed by atoms with Gasteiger partial charge in [-0.2, -0.15) is 5.10 Å². The number of aryl methyl sites for hydroxylation is 1. The summed E-state index contributed by atoms with van der Waals surface area (Å²) in [5.41, 5.74) is 8.68. The molecule has 0 fully saturated rings. The van der Waals surface area contributed by atoms with E-state index >= 15 is 0 Å². The van der Waals surface area contributed by atoms with Crippen LogP contribution in [0.2, 0.25) is 0 Å². The molecule has 0 saturated heterocycles. The number of hydrogen-bond acceptors (Lipinski definition) is 4. The van der Waals surface area contributed by atoms with Gasteiger partial charge in [0.15, 0.2) is 11.5 Å². The molecule has 6 nitrogen and oxygen atoms in total. The van der Waals surface area contributed by atoms with Gasteiger partial charge in [0.2, 0.25) is 0 Å². The van der Waals surface area contributed by atoms with Crippen molar-refractivity contribution < 1.29 is 14.6 Å². The fourth-order valence-electron chi connectivity index (χ4n) is 3.94. The first kappa shape index (κ1) is 23.6. The first-order chi connectivity index (χ1) is 17.0. The number of hydrogen-bond donors (Lipinski definition) is 2. The monoisotopic (exact) mass is 465 g/mol. The van der Waals surface area contributed by atoms with Crippen molar-refractivity contribution in [2.75, 3.05) is 7.11 Å². The number of carbonyl (C=O) groups is 1. The Morgan fingerprint density at radius 3 is 2.51 bits per heavy atom. The van der Waals surface area contributed by atoms with Crippen molar-refractivity contribution in [3.63, 3.8) is 0 Å². The lowest BCUT2D eigenvalue weighted by Crippen LogP contribution is -2.17. The maximum absolute atomic E-state index is 12.6. The van der Waals surface area contributed by atoms with E-state index in [2.05, 4.69) is 52.9 Å². The highest BCUT2D eigenvalue weighted by Crippen LogP contribution is 2.31. The van der Waals surface area contributed by atoms with Crippen molar-refractivity contribution in [2.24, 2.45) is 5.10 Å². The molecule has 0 unspecified atom stereocenters. The summed E-state index contributed by atoms with van der Waals surface area (Å²) in [7, 11) is 1.48. The van der Waals surface area contributed by atoms with Crippen LogP contribution in [0.3, 0.4) is 0 Å². The number of benzene rings is 3. The molecule has 4 rings (SSSR count). The Labute approximate surface area is 204 Å². The van der Waals surface area contributed by atoms with Crippen molar-refractivity contribution in [1.29, 1.82) is 0 Å². The van der Waals surface area contributed by atoms with Crippen LogP contribution in [0.15, 0.2) is 96.6 Å². The highest BCUT2D eigenvalue weighted by atomic mass is 16.5. The van der Waals surface area contributed by atoms with Crippen molar-refractivity contribution in [1.82, 2.24) is 9.99 Å². The van der Waals surface area contributed by atoms with Crippen LogP contribution in [-0.2, 0) is 6.42 Å². The highest BCUT2D eigenvalue weighted by molar-refractivity contribution is 5.95. The molecule has 0 aliphatic heterocycles. The summed E-state index contributed by atoms with van der Waals surface area (Å²) in [6, 6.07) is 25.2. The summed E-state index contributed by atoms with van der Waals surface area (Å²) in [6.07, 6.45) is 3.68. The number of nitrogens with zero attached hydrogens (tertiary/aromatic N) is 2. The van der Waals surface area contributed by atoms with Gasteiger partial charge in [-0.05, 0) is 73.0 Å². The minimum atomic E-state index is -0.322. The molecular formula is C29H27N3O3. The molecule has 0 aliphatic rings. The molecule has 2 N–H and O–H groups in total. The Bertz CT molecular complexity index is 1370. The molecule has 0 aliphatic carbocycles. The SMILES string of the molecule is C=CCc1cc(/C=N/NC(=O)c2ccc(-n3c(C)ccc3-c3ccccc3)cc2)cc(OC)c1O. The number of phenolic OH excluding ortho intramolecular Hbond substituents is 1. The van der Waals surface area contributed by atoms with E-state index in [-0.39, 0.29) is 11.7 Å². The fourth-order valence-corrected chi connectivity index (χ4v) is 3.94. The molecule has 3 aromatic carbocycles. The lowest BCUT2D eigenvalue weighted by molar-refractivity contribution is 0.0955. The van der Waals surface area contributed by atoms with Crippen LogP contribution >= 0.6 is 0 Å². The first-order valence-electron chi connectivity index (χ1n) is 11.2. The lowest BCUT2D eigenvalue weighted by atomic mass is 10.1. The topological polar surface area (TPSA) is 75.9 Å². The highest BCUT2D eigenvalue weighted by Gasteiger charge is 2.12. The Hall–Kier alpha value is -4.58. The van der Waals surface area contributed by atoms with E-state index in [9.17, 15) is 9.90 Å². The molecule has 1 heterocycles. The Balaban J connectivity index is 1.49. The van der Waals surface area contributed by atoms with E-state index in [1.807, 2.05) is 30.3 Å². The number of hydrazone groups is 1. The zero-order valence-corrected chi connectivity index (χ0v) is 19.7. The second kappa shape index (κ2) is 10.6. The summed E-state index contributed by atoms with van der Waals surface area (Å²) >= 11 is 0. The summed E-state index contributed by atoms with van der Waals surface area (Å²) in [5.74, 6) is 0.0855. The van der Waals surface area contributed by atoms with Gasteiger partial charge in [-0.25, -0.2) is 5.43 Å². The molecule has 176 valence electrons. The number of amides is 1. The molecule has 1 amide bonds. The number of carbonyl (C=O) groups excluding carboxylic acids is 1. The number of nitrogens with one attached hydrogen (secondary N) is 1. The number of aromatic hydroxyl groups is 1. The number of ether oxygens (including phenoxy) is 1. The Morgan fingerprint density at radius 1 is 1.09 bits per heavy atom. The zero-order valence-electron chi connectivity index (χ0n) is 19.7. The predicted molar refractivity (Wildman–Crippen MR) is 140 cm³/mol. The van der Waals surface area contributed by atoms with Gasteiger partial charge in [0.25, 0.3) is 5.91 Å². The molecule has 0 saturated carbocycles. The summed E-state index contributed by atoms with van der Waals surface area (Å²) in [4.78, 5) is 12.6. The maximum atomic E-state index is 12.6. The zero-order chi connectivity index (χ0) is 24.8. The van der Waals surface area contributed by atoms with Gasteiger partial charge in [0.1, 0.15) is 0 Å². The lowest BCUT2D eigenvalue weighted by Gasteiger charge is -2.12. The third-order valence-electron chi connectivity index (χ3n) is 5.67. The van der Waals surface area contributed by atoms with Crippen LogP contribution in [0.5, 0.6) is 11.5 Å². The van der Waals surface area contributed by atoms with Crippen LogP contribution in [0.25, 0.3) is 16.9 Å². The number of phenols is 1. The van der Waals surface area contributed by atoms with Crippen molar-refractivity contribution in [3.8, 4) is 28.4 Å². The average molecular weight is 466 g/mol. The van der Waals surface area contributed by atoms with E-state index in [0.29, 0.717) is 28.9 Å². The quantitative estimate of drug-likeness (QED) is 0.200. The van der Waals surface area contributed by atoms with Crippen molar-refractivity contribution in [2.45, 2.75) is 13.3 Å². The van der Waals surface area contributed by atoms with Crippen LogP contribution in [0, 0.1) is 6.92 Å². The van der Waals surface area contributed by atoms with Gasteiger partial charge >= 0.3 is 0 Å². The van der Waals surface area contributed by atoms with E-state index in [1.165, 1.54) is 13.3 Å². The van der Waals surface area contributed by atoms with Gasteiger partial charge in [-0.15, -0.1) is 6.58 Å². The van der Waals surface area contributed by atoms with Gasteiger partial charge in [0, 0.05) is 22.5 Å². The number of methoxy groups -OCH3 is 1. The van der Waals surface area contributed by atoms with Crippen LogP contribution in [0.1, 0.15) is 27.2 Å². The number of allylic oxidation sites excluding steroid dienone is 1. The largest absolute Gasteiger partial charge is 0.504 e. The van der Waals surface area contributed by atoms with Crippen LogP contribution < -0.4 is 10.2 Å². The normalized spacial score (nSPS) is 10.9. The molecule has 4 aromatic rings. The molecule has 6 heteroatoms.